The quantitative estimate of drug-likeness (QED) is 0.654. The summed E-state index contributed by atoms with van der Waals surface area (Å²) in [6, 6.07) is 6.06. The predicted octanol–water partition coefficient (Wildman–Crippen LogP) is 3.51. The smallest absolute Gasteiger partial charge is 0.335 e. The van der Waals surface area contributed by atoms with Crippen LogP contribution in [0.4, 0.5) is 4.79 Å². The minimum atomic E-state index is -0.996. The molecule has 1 aliphatic heterocycles. The van der Waals surface area contributed by atoms with Crippen LogP contribution in [0.2, 0.25) is 0 Å². The Kier molecular flexibility index (Phi) is 5.59. The monoisotopic (exact) mass is 439 g/mol. The zero-order valence-corrected chi connectivity index (χ0v) is 18.5. The van der Waals surface area contributed by atoms with Gasteiger partial charge in [-0.2, -0.15) is 0 Å². The zero-order valence-electron chi connectivity index (χ0n) is 18.5. The van der Waals surface area contributed by atoms with Crippen molar-refractivity contribution >= 4 is 17.9 Å². The van der Waals surface area contributed by atoms with Crippen LogP contribution < -0.4 is 10.6 Å². The van der Waals surface area contributed by atoms with E-state index in [1.807, 2.05) is 4.90 Å². The Labute approximate surface area is 188 Å². The molecule has 32 heavy (non-hydrogen) atoms. The molecule has 1 saturated heterocycles. The third-order valence-electron chi connectivity index (χ3n) is 8.25. The van der Waals surface area contributed by atoms with E-state index in [1.54, 1.807) is 12.1 Å². The number of carbonyl (C=O) groups excluding carboxylic acids is 2. The summed E-state index contributed by atoms with van der Waals surface area (Å²) in [5.41, 5.74) is 0.727. The molecule has 0 atom stereocenters. The maximum absolute atomic E-state index is 12.7. The fourth-order valence-electron chi connectivity index (χ4n) is 7.06. The second kappa shape index (κ2) is 8.41. The Morgan fingerprint density at radius 3 is 1.97 bits per heavy atom. The molecule has 1 aromatic rings. The van der Waals surface area contributed by atoms with Crippen molar-refractivity contribution in [1.29, 1.82) is 0 Å². The van der Waals surface area contributed by atoms with E-state index in [2.05, 4.69) is 10.6 Å². The third-order valence-corrected chi connectivity index (χ3v) is 8.25. The molecule has 7 heteroatoms. The molecule has 172 valence electrons. The highest BCUT2D eigenvalue weighted by Crippen LogP contribution is 2.55. The first-order valence-corrected chi connectivity index (χ1v) is 12.1. The van der Waals surface area contributed by atoms with E-state index in [0.717, 1.165) is 49.9 Å². The number of nitrogens with zero attached hydrogens (tertiary/aromatic N) is 1. The number of carbonyl (C=O) groups is 3. The molecule has 0 aromatic heterocycles. The van der Waals surface area contributed by atoms with Gasteiger partial charge in [-0.05, 0) is 99.3 Å². The summed E-state index contributed by atoms with van der Waals surface area (Å²) < 4.78 is 0. The fourth-order valence-corrected chi connectivity index (χ4v) is 7.06. The summed E-state index contributed by atoms with van der Waals surface area (Å²) in [6.07, 6.45) is 9.27. The Morgan fingerprint density at radius 2 is 1.44 bits per heavy atom. The molecule has 1 heterocycles. The highest BCUT2D eigenvalue weighted by Gasteiger charge is 2.51. The molecule has 1 aromatic carbocycles. The zero-order chi connectivity index (χ0) is 22.3. The summed E-state index contributed by atoms with van der Waals surface area (Å²) in [5, 5.41) is 15.5. The number of piperidine rings is 1. The summed E-state index contributed by atoms with van der Waals surface area (Å²) in [6.45, 7) is 1.96. The normalized spacial score (nSPS) is 31.4. The third kappa shape index (κ3) is 4.34. The van der Waals surface area contributed by atoms with Gasteiger partial charge in [-0.3, -0.25) is 4.79 Å². The average Bonchev–Trinajstić information content (AvgIpc) is 2.76. The molecule has 3 amide bonds. The highest BCUT2D eigenvalue weighted by atomic mass is 16.4. The Balaban J connectivity index is 1.07. The van der Waals surface area contributed by atoms with Gasteiger partial charge in [0.25, 0.3) is 5.91 Å². The van der Waals surface area contributed by atoms with Crippen molar-refractivity contribution in [1.82, 2.24) is 15.5 Å². The van der Waals surface area contributed by atoms with Crippen molar-refractivity contribution in [3.63, 3.8) is 0 Å². The molecular formula is C25H33N3O4. The van der Waals surface area contributed by atoms with Gasteiger partial charge in [0.1, 0.15) is 0 Å². The molecule has 4 saturated carbocycles. The molecule has 6 rings (SSSR count). The molecule has 5 aliphatic rings. The first-order chi connectivity index (χ1) is 15.4. The Bertz CT molecular complexity index is 854. The van der Waals surface area contributed by atoms with Crippen LogP contribution in [0.25, 0.3) is 0 Å². The van der Waals surface area contributed by atoms with Gasteiger partial charge in [-0.15, -0.1) is 0 Å². The minimum Gasteiger partial charge on any atom is -0.478 e. The number of urea groups is 1. The van der Waals surface area contributed by atoms with Gasteiger partial charge in [-0.1, -0.05) is 0 Å². The summed E-state index contributed by atoms with van der Waals surface area (Å²) >= 11 is 0. The first kappa shape index (κ1) is 21.3. The number of hydrogen-bond donors (Lipinski definition) is 3. The molecule has 3 N–H and O–H groups in total. The van der Waals surface area contributed by atoms with E-state index in [9.17, 15) is 14.4 Å². The van der Waals surface area contributed by atoms with Gasteiger partial charge in [-0.25, -0.2) is 9.59 Å². The summed E-state index contributed by atoms with van der Waals surface area (Å²) in [7, 11) is 0. The number of likely N-dealkylation sites (tertiary alicyclic amines) is 1. The second-order valence-corrected chi connectivity index (χ2v) is 10.7. The van der Waals surface area contributed by atoms with Crippen LogP contribution in [0.15, 0.2) is 24.3 Å². The Hall–Kier alpha value is -2.57. The predicted molar refractivity (Wildman–Crippen MR) is 119 cm³/mol. The van der Waals surface area contributed by atoms with E-state index in [1.165, 1.54) is 31.4 Å². The molecule has 5 fully saturated rings. The van der Waals surface area contributed by atoms with Crippen LogP contribution in [0, 0.1) is 23.7 Å². The minimum absolute atomic E-state index is 0.0241. The fraction of sp³-hybridized carbons (Fsp3) is 0.640. The van der Waals surface area contributed by atoms with Crippen LogP contribution in [0.5, 0.6) is 0 Å². The SMILES string of the molecule is O=C(NCC1CCN(C(=O)c2ccc(C(=O)O)cc2)CC1)NC12CC3CC(CC(C3)C1)C2. The van der Waals surface area contributed by atoms with Gasteiger partial charge in [0, 0.05) is 30.7 Å². The van der Waals surface area contributed by atoms with E-state index in [-0.39, 0.29) is 23.0 Å². The number of hydrogen-bond acceptors (Lipinski definition) is 3. The van der Waals surface area contributed by atoms with E-state index < -0.39 is 5.97 Å². The number of carboxylic acids is 1. The van der Waals surface area contributed by atoms with Crippen LogP contribution >= 0.6 is 0 Å². The lowest BCUT2D eigenvalue weighted by atomic mass is 9.53. The lowest BCUT2D eigenvalue weighted by molar-refractivity contribution is -0.0136. The maximum Gasteiger partial charge on any atom is 0.335 e. The number of carboxylic acid groups (broad SMARTS) is 1. The van der Waals surface area contributed by atoms with Gasteiger partial charge in [0.05, 0.1) is 5.56 Å². The standard InChI is InChI=1S/C25H33N3O4/c29-22(20-1-3-21(4-2-20)23(30)31)28-7-5-16(6-8-28)15-26-24(32)27-25-12-17-9-18(13-25)11-19(10-17)14-25/h1-4,16-19H,5-15H2,(H,30,31)(H2,26,27,32). The summed E-state index contributed by atoms with van der Waals surface area (Å²) in [5.74, 6) is 1.74. The summed E-state index contributed by atoms with van der Waals surface area (Å²) in [4.78, 5) is 38.2. The molecule has 4 bridgehead atoms. The van der Waals surface area contributed by atoms with E-state index >= 15 is 0 Å². The highest BCUT2D eigenvalue weighted by molar-refractivity contribution is 5.96. The topological polar surface area (TPSA) is 98.7 Å². The largest absolute Gasteiger partial charge is 0.478 e. The average molecular weight is 440 g/mol. The first-order valence-electron chi connectivity index (χ1n) is 12.1. The number of amides is 3. The van der Waals surface area contributed by atoms with Crippen LogP contribution in [-0.4, -0.2) is 53.1 Å². The van der Waals surface area contributed by atoms with Crippen LogP contribution in [-0.2, 0) is 0 Å². The molecular weight excluding hydrogens is 406 g/mol. The van der Waals surface area contributed by atoms with Crippen LogP contribution in [0.3, 0.4) is 0 Å². The number of aromatic carboxylic acids is 1. The molecule has 4 aliphatic carbocycles. The maximum atomic E-state index is 12.7. The van der Waals surface area contributed by atoms with Crippen molar-refractivity contribution in [3.8, 4) is 0 Å². The van der Waals surface area contributed by atoms with Crippen molar-refractivity contribution in [2.75, 3.05) is 19.6 Å². The van der Waals surface area contributed by atoms with E-state index in [4.69, 9.17) is 5.11 Å². The van der Waals surface area contributed by atoms with Gasteiger partial charge in [0.2, 0.25) is 0 Å². The van der Waals surface area contributed by atoms with Gasteiger partial charge >= 0.3 is 12.0 Å². The lowest BCUT2D eigenvalue weighted by Gasteiger charge is -2.56. The van der Waals surface area contributed by atoms with Crippen LogP contribution in [0.1, 0.15) is 72.1 Å². The molecule has 0 radical (unpaired) electrons. The van der Waals surface area contributed by atoms with E-state index in [0.29, 0.717) is 31.1 Å². The lowest BCUT2D eigenvalue weighted by Crippen LogP contribution is -2.61. The van der Waals surface area contributed by atoms with Crippen molar-refractivity contribution in [2.45, 2.75) is 56.9 Å². The van der Waals surface area contributed by atoms with Gasteiger partial charge in [0.15, 0.2) is 0 Å². The van der Waals surface area contributed by atoms with Gasteiger partial charge < -0.3 is 20.6 Å². The molecule has 7 nitrogen and oxygen atoms in total. The molecule has 0 unspecified atom stereocenters. The molecule has 0 spiro atoms. The van der Waals surface area contributed by atoms with Crippen molar-refractivity contribution in [2.24, 2.45) is 23.7 Å². The van der Waals surface area contributed by atoms with Crippen molar-refractivity contribution < 1.29 is 19.5 Å². The number of rotatable bonds is 5. The van der Waals surface area contributed by atoms with Crippen molar-refractivity contribution in [3.05, 3.63) is 35.4 Å². The number of nitrogens with one attached hydrogen (secondary N) is 2. The second-order valence-electron chi connectivity index (χ2n) is 10.7. The Morgan fingerprint density at radius 1 is 0.906 bits per heavy atom. The number of benzene rings is 1.